The highest BCUT2D eigenvalue weighted by Gasteiger charge is 2.38. The number of methoxy groups -OCH3 is 1. The highest BCUT2D eigenvalue weighted by atomic mass is 35.5. The van der Waals surface area contributed by atoms with E-state index in [9.17, 15) is 35.9 Å². The van der Waals surface area contributed by atoms with Gasteiger partial charge < -0.3 is 15.8 Å². The minimum atomic E-state index is -4.98. The zero-order valence-corrected chi connectivity index (χ0v) is 25.1. The summed E-state index contributed by atoms with van der Waals surface area (Å²) >= 11 is 6.92. The van der Waals surface area contributed by atoms with Gasteiger partial charge in [-0.15, -0.1) is 11.3 Å². The Morgan fingerprint density at radius 2 is 1.64 bits per heavy atom. The molecule has 17 heteroatoms. The van der Waals surface area contributed by atoms with Crippen LogP contribution in [0.2, 0.25) is 5.02 Å². The van der Waals surface area contributed by atoms with E-state index in [0.29, 0.717) is 21.6 Å². The van der Waals surface area contributed by atoms with E-state index < -0.39 is 51.9 Å². The zero-order chi connectivity index (χ0) is 33.8. The summed E-state index contributed by atoms with van der Waals surface area (Å²) in [5.74, 6) is -1.96. The van der Waals surface area contributed by atoms with Crippen LogP contribution in [0.4, 0.5) is 32.0 Å². The Hall–Kier alpha value is -5.22. The number of carbonyl (C=O) groups is 2. The number of nitrogens with two attached hydrogens (primary N) is 1. The summed E-state index contributed by atoms with van der Waals surface area (Å²) in [6.45, 7) is 0. The van der Waals surface area contributed by atoms with Crippen molar-refractivity contribution in [3.8, 4) is 28.1 Å². The Morgan fingerprint density at radius 3 is 2.28 bits per heavy atom. The predicted molar refractivity (Wildman–Crippen MR) is 162 cm³/mol. The Balaban J connectivity index is 1.53. The molecule has 0 bridgehead atoms. The van der Waals surface area contributed by atoms with E-state index in [2.05, 4.69) is 20.4 Å². The summed E-state index contributed by atoms with van der Waals surface area (Å²) in [4.78, 5) is 33.3. The van der Waals surface area contributed by atoms with Gasteiger partial charge in [-0.05, 0) is 35.4 Å². The summed E-state index contributed by atoms with van der Waals surface area (Å²) in [5, 5.41) is 5.55. The fraction of sp³-hybridized carbons (Fsp3) is 0.100. The number of ether oxygens (including phenoxy) is 1. The number of rotatable bonds is 6. The number of nitrogens with zero attached hydrogens (tertiary/aromatic N) is 4. The van der Waals surface area contributed by atoms with Gasteiger partial charge in [-0.3, -0.25) is 9.59 Å². The number of anilines is 1. The van der Waals surface area contributed by atoms with Crippen molar-refractivity contribution in [1.29, 1.82) is 0 Å². The lowest BCUT2D eigenvalue weighted by Gasteiger charge is -2.12. The van der Waals surface area contributed by atoms with E-state index in [4.69, 9.17) is 22.1 Å². The average molecular weight is 691 g/mol. The fourth-order valence-electron chi connectivity index (χ4n) is 4.82. The van der Waals surface area contributed by atoms with Gasteiger partial charge >= 0.3 is 12.4 Å². The minimum absolute atomic E-state index is 0.0490. The number of pyridine rings is 1. The molecule has 0 saturated carbocycles. The number of thiophene rings is 1. The van der Waals surface area contributed by atoms with Crippen LogP contribution >= 0.6 is 22.9 Å². The quantitative estimate of drug-likeness (QED) is 0.173. The van der Waals surface area contributed by atoms with Crippen LogP contribution in [0.5, 0.6) is 5.75 Å². The Labute approximate surface area is 268 Å². The lowest BCUT2D eigenvalue weighted by atomic mass is 10.0. The zero-order valence-electron chi connectivity index (χ0n) is 23.5. The molecule has 0 aliphatic heterocycles. The molecule has 9 nitrogen and oxygen atoms in total. The molecular weight excluding hydrogens is 674 g/mol. The average Bonchev–Trinajstić information content (AvgIpc) is 3.57. The van der Waals surface area contributed by atoms with Gasteiger partial charge in [0.2, 0.25) is 0 Å². The summed E-state index contributed by atoms with van der Waals surface area (Å²) in [7, 11) is 1.38. The molecular formula is C30H17ClF6N6O3S. The van der Waals surface area contributed by atoms with Crippen molar-refractivity contribution in [3.63, 3.8) is 0 Å². The van der Waals surface area contributed by atoms with Gasteiger partial charge in [-0.2, -0.15) is 31.4 Å². The Morgan fingerprint density at radius 1 is 0.936 bits per heavy atom. The molecule has 0 aliphatic rings. The van der Waals surface area contributed by atoms with Gasteiger partial charge in [-0.1, -0.05) is 54.1 Å². The lowest BCUT2D eigenvalue weighted by molar-refractivity contribution is -0.143. The molecule has 0 saturated heterocycles. The Kier molecular flexibility index (Phi) is 7.80. The summed E-state index contributed by atoms with van der Waals surface area (Å²) < 4.78 is 89.7. The third kappa shape index (κ3) is 5.81. The van der Waals surface area contributed by atoms with Gasteiger partial charge in [0.25, 0.3) is 11.8 Å². The third-order valence-electron chi connectivity index (χ3n) is 6.90. The first kappa shape index (κ1) is 31.7. The SMILES string of the molecule is COc1cccc(-c2cc(C(F)(F)F)n3nc(C(=O)Nc4c(C(N)=O)sc5nc(C(F)(F)F)cc(-c6ccccc6)c45)c(Cl)c3n2)c1. The van der Waals surface area contributed by atoms with Crippen molar-refractivity contribution in [2.45, 2.75) is 12.4 Å². The number of nitrogens with one attached hydrogen (secondary N) is 1. The standard InChI is InChI=1S/C30H17ClF6N6O3S/c1-46-15-9-5-8-14(10-15)17-12-19(30(35,36)37)43-26(39-17)21(31)23(42-43)27(45)41-22-20-16(13-6-3-2-4-7-13)11-18(29(32,33)34)40-28(20)47-24(22)25(38)44/h2-12H,1H3,(H2,38,44)(H,41,45). The van der Waals surface area contributed by atoms with Crippen LogP contribution in [0.1, 0.15) is 31.5 Å². The van der Waals surface area contributed by atoms with Crippen molar-refractivity contribution < 1.29 is 40.7 Å². The molecule has 2 aromatic carbocycles. The number of fused-ring (bicyclic) bond motifs is 2. The third-order valence-corrected chi connectivity index (χ3v) is 8.35. The van der Waals surface area contributed by atoms with Crippen molar-refractivity contribution in [1.82, 2.24) is 19.6 Å². The number of hydrogen-bond acceptors (Lipinski definition) is 7. The van der Waals surface area contributed by atoms with Crippen LogP contribution in [0.15, 0.2) is 66.7 Å². The van der Waals surface area contributed by atoms with Crippen LogP contribution < -0.4 is 15.8 Å². The van der Waals surface area contributed by atoms with Gasteiger partial charge in [0, 0.05) is 10.9 Å². The molecule has 2 amide bonds. The van der Waals surface area contributed by atoms with E-state index in [-0.39, 0.29) is 43.2 Å². The molecule has 0 fully saturated rings. The topological polar surface area (TPSA) is 124 Å². The normalized spacial score (nSPS) is 12.1. The highest BCUT2D eigenvalue weighted by molar-refractivity contribution is 7.21. The summed E-state index contributed by atoms with van der Waals surface area (Å²) in [6, 6.07) is 15.3. The van der Waals surface area contributed by atoms with Crippen LogP contribution in [-0.2, 0) is 12.4 Å². The number of halogens is 7. The smallest absolute Gasteiger partial charge is 0.433 e. The molecule has 47 heavy (non-hydrogen) atoms. The molecule has 0 radical (unpaired) electrons. The number of benzene rings is 2. The van der Waals surface area contributed by atoms with Gasteiger partial charge in [0.05, 0.1) is 18.5 Å². The molecule has 6 aromatic rings. The van der Waals surface area contributed by atoms with Crippen molar-refractivity contribution in [2.24, 2.45) is 5.73 Å². The number of hydrogen-bond donors (Lipinski definition) is 2. The summed E-state index contributed by atoms with van der Waals surface area (Å²) in [5.41, 5.74) is 1.73. The highest BCUT2D eigenvalue weighted by Crippen LogP contribution is 2.44. The van der Waals surface area contributed by atoms with E-state index in [1.807, 2.05) is 0 Å². The molecule has 3 N–H and O–H groups in total. The van der Waals surface area contributed by atoms with E-state index in [1.54, 1.807) is 30.3 Å². The maximum Gasteiger partial charge on any atom is 0.433 e. The Bertz CT molecular complexity index is 2220. The molecule has 0 spiro atoms. The number of primary amides is 1. The first-order valence-electron chi connectivity index (χ1n) is 13.2. The molecule has 0 aliphatic carbocycles. The molecule has 6 rings (SSSR count). The van der Waals surface area contributed by atoms with Crippen LogP contribution in [0.3, 0.4) is 0 Å². The van der Waals surface area contributed by atoms with E-state index >= 15 is 0 Å². The van der Waals surface area contributed by atoms with Crippen LogP contribution in [-0.4, -0.2) is 38.5 Å². The van der Waals surface area contributed by atoms with E-state index in [1.165, 1.54) is 31.4 Å². The molecule has 240 valence electrons. The van der Waals surface area contributed by atoms with Gasteiger partial charge in [0.15, 0.2) is 17.0 Å². The van der Waals surface area contributed by atoms with E-state index in [0.717, 1.165) is 12.1 Å². The second-order valence-electron chi connectivity index (χ2n) is 9.88. The van der Waals surface area contributed by atoms with Crippen LogP contribution in [0, 0.1) is 0 Å². The second-order valence-corrected chi connectivity index (χ2v) is 11.3. The van der Waals surface area contributed by atoms with Gasteiger partial charge in [-0.25, -0.2) is 14.5 Å². The number of alkyl halides is 6. The number of carbonyl (C=O) groups excluding carboxylic acids is 2. The first-order chi connectivity index (χ1) is 22.2. The molecule has 4 heterocycles. The maximum absolute atomic E-state index is 14.3. The number of aromatic nitrogens is 4. The van der Waals surface area contributed by atoms with Crippen molar-refractivity contribution in [2.75, 3.05) is 12.4 Å². The maximum atomic E-state index is 14.3. The molecule has 0 atom stereocenters. The monoisotopic (exact) mass is 690 g/mol. The van der Waals surface area contributed by atoms with Gasteiger partial charge in [0.1, 0.15) is 26.2 Å². The van der Waals surface area contributed by atoms with Crippen LogP contribution in [0.25, 0.3) is 38.2 Å². The fourth-order valence-corrected chi connectivity index (χ4v) is 6.08. The molecule has 0 unspecified atom stereocenters. The molecule has 4 aromatic heterocycles. The first-order valence-corrected chi connectivity index (χ1v) is 14.4. The minimum Gasteiger partial charge on any atom is -0.497 e. The van der Waals surface area contributed by atoms with Crippen molar-refractivity contribution >= 4 is 56.3 Å². The summed E-state index contributed by atoms with van der Waals surface area (Å²) in [6.07, 6.45) is -9.85. The van der Waals surface area contributed by atoms with Crippen molar-refractivity contribution in [3.05, 3.63) is 93.7 Å². The second kappa shape index (κ2) is 11.5. The largest absolute Gasteiger partial charge is 0.497 e. The lowest BCUT2D eigenvalue weighted by Crippen LogP contribution is -2.18. The predicted octanol–water partition coefficient (Wildman–Crippen LogP) is 7.72. The number of amides is 2.